The van der Waals surface area contributed by atoms with Crippen LogP contribution in [0.5, 0.6) is 11.5 Å². The van der Waals surface area contributed by atoms with Gasteiger partial charge in [0.2, 0.25) is 0 Å². The molecule has 0 saturated carbocycles. The van der Waals surface area contributed by atoms with Crippen molar-refractivity contribution in [2.75, 3.05) is 32.6 Å². The number of aliphatic imine (C=N–C) groups is 1. The van der Waals surface area contributed by atoms with Gasteiger partial charge >= 0.3 is 0 Å². The van der Waals surface area contributed by atoms with Crippen molar-refractivity contribution in [2.24, 2.45) is 4.99 Å². The van der Waals surface area contributed by atoms with E-state index in [2.05, 4.69) is 15.3 Å². The van der Waals surface area contributed by atoms with E-state index in [0.29, 0.717) is 23.7 Å². The number of nitrogens with zero attached hydrogens (tertiary/aromatic N) is 4. The number of anilines is 1. The van der Waals surface area contributed by atoms with Gasteiger partial charge in [0.1, 0.15) is 11.5 Å². The Kier molecular flexibility index (Phi) is 6.95. The van der Waals surface area contributed by atoms with E-state index in [4.69, 9.17) is 9.47 Å². The molecular formula is C17H23N5O4. The minimum atomic E-state index is -0.415. The lowest BCUT2D eigenvalue weighted by Crippen LogP contribution is -2.23. The van der Waals surface area contributed by atoms with Crippen LogP contribution in [0.15, 0.2) is 35.7 Å². The molecule has 2 rings (SSSR count). The Morgan fingerprint density at radius 3 is 2.81 bits per heavy atom. The zero-order valence-electron chi connectivity index (χ0n) is 15.1. The second kappa shape index (κ2) is 9.40. The standard InChI is InChI=1S/C17H23N5O4/c1-13-10-18-12-21(13)8-4-7-19-17(11-22(23)24)20-15-6-5-14(25-2)9-16(15)26-3/h5-6,9-10,12H,4,7-8,11H2,1-3H3,(H,19,20). The van der Waals surface area contributed by atoms with Gasteiger partial charge in [-0.1, -0.05) is 0 Å². The molecule has 0 amide bonds. The highest BCUT2D eigenvalue weighted by molar-refractivity contribution is 5.97. The van der Waals surface area contributed by atoms with Gasteiger partial charge in [0.25, 0.3) is 6.54 Å². The molecule has 1 aromatic carbocycles. The summed E-state index contributed by atoms with van der Waals surface area (Å²) in [6, 6.07) is 5.19. The van der Waals surface area contributed by atoms with Crippen molar-refractivity contribution in [2.45, 2.75) is 19.9 Å². The quantitative estimate of drug-likeness (QED) is 0.242. The Labute approximate surface area is 151 Å². The minimum Gasteiger partial charge on any atom is -0.497 e. The third-order valence-corrected chi connectivity index (χ3v) is 3.75. The molecule has 0 unspecified atom stereocenters. The van der Waals surface area contributed by atoms with Gasteiger partial charge in [-0.25, -0.2) is 4.98 Å². The fourth-order valence-corrected chi connectivity index (χ4v) is 2.38. The zero-order chi connectivity index (χ0) is 18.9. The second-order valence-electron chi connectivity index (χ2n) is 5.59. The van der Waals surface area contributed by atoms with Crippen LogP contribution in [0.2, 0.25) is 0 Å². The van der Waals surface area contributed by atoms with Gasteiger partial charge in [0.15, 0.2) is 5.84 Å². The van der Waals surface area contributed by atoms with Crippen molar-refractivity contribution in [1.29, 1.82) is 0 Å². The molecule has 0 aliphatic rings. The number of methoxy groups -OCH3 is 2. The molecule has 1 aromatic heterocycles. The van der Waals surface area contributed by atoms with E-state index >= 15 is 0 Å². The van der Waals surface area contributed by atoms with Crippen LogP contribution in [-0.4, -0.2) is 47.6 Å². The number of nitrogens with one attached hydrogen (secondary N) is 1. The summed E-state index contributed by atoms with van der Waals surface area (Å²) in [5, 5.41) is 13.9. The Hall–Kier alpha value is -3.10. The molecule has 26 heavy (non-hydrogen) atoms. The molecule has 0 radical (unpaired) electrons. The number of imidazole rings is 1. The number of aromatic nitrogens is 2. The highest BCUT2D eigenvalue weighted by atomic mass is 16.6. The molecule has 1 N–H and O–H groups in total. The summed E-state index contributed by atoms with van der Waals surface area (Å²) < 4.78 is 12.5. The monoisotopic (exact) mass is 361 g/mol. The Balaban J connectivity index is 2.04. The largest absolute Gasteiger partial charge is 0.497 e. The van der Waals surface area contributed by atoms with Gasteiger partial charge in [-0.15, -0.1) is 0 Å². The predicted octanol–water partition coefficient (Wildman–Crippen LogP) is 2.39. The van der Waals surface area contributed by atoms with E-state index in [9.17, 15) is 10.1 Å². The number of hydrogen-bond donors (Lipinski definition) is 1. The molecule has 0 saturated heterocycles. The van der Waals surface area contributed by atoms with E-state index in [1.54, 1.807) is 37.8 Å². The van der Waals surface area contributed by atoms with Crippen molar-refractivity contribution < 1.29 is 14.4 Å². The first-order valence-corrected chi connectivity index (χ1v) is 8.14. The maximum absolute atomic E-state index is 10.9. The van der Waals surface area contributed by atoms with Crippen LogP contribution < -0.4 is 14.8 Å². The maximum Gasteiger partial charge on any atom is 0.260 e. The molecule has 2 aromatic rings. The summed E-state index contributed by atoms with van der Waals surface area (Å²) in [5.41, 5.74) is 1.67. The van der Waals surface area contributed by atoms with Crippen molar-refractivity contribution in [3.8, 4) is 11.5 Å². The van der Waals surface area contributed by atoms with E-state index in [1.807, 2.05) is 11.5 Å². The number of aryl methyl sites for hydroxylation is 2. The molecular weight excluding hydrogens is 338 g/mol. The number of hydrogen-bond acceptors (Lipinski definition) is 6. The lowest BCUT2D eigenvalue weighted by Gasteiger charge is -2.12. The van der Waals surface area contributed by atoms with Crippen LogP contribution >= 0.6 is 0 Å². The summed E-state index contributed by atoms with van der Waals surface area (Å²) >= 11 is 0. The molecule has 0 fully saturated rings. The van der Waals surface area contributed by atoms with Gasteiger partial charge in [-0.3, -0.25) is 15.1 Å². The Morgan fingerprint density at radius 1 is 1.38 bits per heavy atom. The maximum atomic E-state index is 10.9. The number of rotatable bonds is 9. The molecule has 0 atom stereocenters. The summed E-state index contributed by atoms with van der Waals surface area (Å²) in [6.07, 6.45) is 4.30. The Bertz CT molecular complexity index is 772. The molecule has 0 spiro atoms. The van der Waals surface area contributed by atoms with E-state index < -0.39 is 4.92 Å². The normalized spacial score (nSPS) is 11.3. The molecule has 9 heteroatoms. The average Bonchev–Trinajstić information content (AvgIpc) is 3.03. The highest BCUT2D eigenvalue weighted by Gasteiger charge is 2.12. The molecule has 9 nitrogen and oxygen atoms in total. The first kappa shape index (κ1) is 19.2. The number of benzene rings is 1. The van der Waals surface area contributed by atoms with Crippen LogP contribution in [0.1, 0.15) is 12.1 Å². The smallest absolute Gasteiger partial charge is 0.260 e. The number of nitro groups is 1. The summed E-state index contributed by atoms with van der Waals surface area (Å²) in [6.45, 7) is 2.81. The summed E-state index contributed by atoms with van der Waals surface area (Å²) in [7, 11) is 3.08. The molecule has 0 aliphatic carbocycles. The predicted molar refractivity (Wildman–Crippen MR) is 98.9 cm³/mol. The van der Waals surface area contributed by atoms with Crippen LogP contribution in [0.3, 0.4) is 0 Å². The van der Waals surface area contributed by atoms with Crippen molar-refractivity contribution in [3.63, 3.8) is 0 Å². The SMILES string of the molecule is COc1ccc(NC(C[N+](=O)[O-])=NCCCn2cncc2C)c(OC)c1. The third kappa shape index (κ3) is 5.47. The number of amidine groups is 1. The Morgan fingerprint density at radius 2 is 2.19 bits per heavy atom. The summed E-state index contributed by atoms with van der Waals surface area (Å²) in [5.74, 6) is 1.44. The molecule has 140 valence electrons. The molecule has 1 heterocycles. The van der Waals surface area contributed by atoms with E-state index in [1.165, 1.54) is 7.11 Å². The van der Waals surface area contributed by atoms with Crippen molar-refractivity contribution in [1.82, 2.24) is 9.55 Å². The average molecular weight is 361 g/mol. The van der Waals surface area contributed by atoms with Crippen LogP contribution in [0.25, 0.3) is 0 Å². The summed E-state index contributed by atoms with van der Waals surface area (Å²) in [4.78, 5) is 18.9. The lowest BCUT2D eigenvalue weighted by molar-refractivity contribution is -0.463. The topological polar surface area (TPSA) is 104 Å². The molecule has 0 bridgehead atoms. The second-order valence-corrected chi connectivity index (χ2v) is 5.59. The molecule has 0 aliphatic heterocycles. The fraction of sp³-hybridized carbons (Fsp3) is 0.412. The van der Waals surface area contributed by atoms with Crippen molar-refractivity contribution >= 4 is 11.5 Å². The van der Waals surface area contributed by atoms with Gasteiger partial charge < -0.3 is 19.4 Å². The first-order valence-electron chi connectivity index (χ1n) is 8.14. The van der Waals surface area contributed by atoms with Gasteiger partial charge in [0.05, 0.1) is 26.2 Å². The lowest BCUT2D eigenvalue weighted by atomic mass is 10.2. The van der Waals surface area contributed by atoms with Gasteiger partial charge in [-0.2, -0.15) is 0 Å². The number of ether oxygens (including phenoxy) is 2. The van der Waals surface area contributed by atoms with Crippen LogP contribution in [0, 0.1) is 17.0 Å². The van der Waals surface area contributed by atoms with Gasteiger partial charge in [-0.05, 0) is 25.5 Å². The van der Waals surface area contributed by atoms with E-state index in [0.717, 1.165) is 18.7 Å². The van der Waals surface area contributed by atoms with Crippen LogP contribution in [-0.2, 0) is 6.54 Å². The third-order valence-electron chi connectivity index (χ3n) is 3.75. The minimum absolute atomic E-state index is 0.279. The zero-order valence-corrected chi connectivity index (χ0v) is 15.1. The van der Waals surface area contributed by atoms with Crippen molar-refractivity contribution in [3.05, 3.63) is 46.5 Å². The first-order chi connectivity index (χ1) is 12.5. The van der Waals surface area contributed by atoms with E-state index in [-0.39, 0.29) is 12.4 Å². The fourth-order valence-electron chi connectivity index (χ4n) is 2.38. The van der Waals surface area contributed by atoms with Gasteiger partial charge in [0, 0.05) is 36.0 Å². The highest BCUT2D eigenvalue weighted by Crippen LogP contribution is 2.29. The van der Waals surface area contributed by atoms with Crippen LogP contribution in [0.4, 0.5) is 5.69 Å².